The smallest absolute Gasteiger partial charge is 0.255 e. The molecular formula is C21H20N2O3S2. The summed E-state index contributed by atoms with van der Waals surface area (Å²) in [5, 5.41) is 2.87. The number of anilines is 1. The van der Waals surface area contributed by atoms with Crippen LogP contribution in [0.3, 0.4) is 0 Å². The van der Waals surface area contributed by atoms with Crippen molar-refractivity contribution in [1.82, 2.24) is 4.31 Å². The molecule has 7 heteroatoms. The van der Waals surface area contributed by atoms with Gasteiger partial charge in [-0.3, -0.25) is 4.79 Å². The molecule has 0 saturated carbocycles. The fourth-order valence-corrected chi connectivity index (χ4v) is 6.18. The number of carbonyl (C=O) groups is 1. The summed E-state index contributed by atoms with van der Waals surface area (Å²) >= 11 is 1.24. The van der Waals surface area contributed by atoms with Crippen molar-refractivity contribution >= 4 is 33.0 Å². The number of amides is 1. The van der Waals surface area contributed by atoms with Crippen LogP contribution in [0.25, 0.3) is 10.4 Å². The summed E-state index contributed by atoms with van der Waals surface area (Å²) in [4.78, 5) is 13.4. The summed E-state index contributed by atoms with van der Waals surface area (Å²) in [6, 6.07) is 20.0. The Bertz CT molecular complexity index is 1090. The highest BCUT2D eigenvalue weighted by molar-refractivity contribution is 7.91. The Labute approximate surface area is 168 Å². The maximum absolute atomic E-state index is 12.7. The van der Waals surface area contributed by atoms with Crippen molar-refractivity contribution in [3.8, 4) is 10.4 Å². The van der Waals surface area contributed by atoms with Crippen LogP contribution in [0.2, 0.25) is 0 Å². The second-order valence-corrected chi connectivity index (χ2v) is 9.88. The van der Waals surface area contributed by atoms with Gasteiger partial charge in [0.15, 0.2) is 0 Å². The summed E-state index contributed by atoms with van der Waals surface area (Å²) in [6.07, 6.45) is 1.83. The van der Waals surface area contributed by atoms with Gasteiger partial charge in [0, 0.05) is 29.2 Å². The molecule has 28 heavy (non-hydrogen) atoms. The summed E-state index contributed by atoms with van der Waals surface area (Å²) in [5.41, 5.74) is 2.08. The Balaban J connectivity index is 1.57. The van der Waals surface area contributed by atoms with Crippen LogP contribution >= 0.6 is 11.3 Å². The van der Waals surface area contributed by atoms with E-state index in [9.17, 15) is 13.2 Å². The maximum Gasteiger partial charge on any atom is 0.255 e. The Morgan fingerprint density at radius 2 is 1.68 bits per heavy atom. The van der Waals surface area contributed by atoms with Crippen molar-refractivity contribution in [2.75, 3.05) is 18.4 Å². The zero-order valence-corrected chi connectivity index (χ0v) is 16.8. The number of sulfonamides is 1. The molecular weight excluding hydrogens is 392 g/mol. The van der Waals surface area contributed by atoms with Gasteiger partial charge in [-0.1, -0.05) is 30.3 Å². The third kappa shape index (κ3) is 3.87. The Morgan fingerprint density at radius 3 is 2.43 bits per heavy atom. The molecule has 0 unspecified atom stereocenters. The zero-order chi connectivity index (χ0) is 19.6. The molecule has 2 aromatic carbocycles. The van der Waals surface area contributed by atoms with E-state index in [2.05, 4.69) is 5.32 Å². The number of hydrogen-bond donors (Lipinski definition) is 1. The lowest BCUT2D eigenvalue weighted by Crippen LogP contribution is -2.27. The van der Waals surface area contributed by atoms with Crippen molar-refractivity contribution in [3.63, 3.8) is 0 Å². The van der Waals surface area contributed by atoms with Gasteiger partial charge < -0.3 is 5.32 Å². The van der Waals surface area contributed by atoms with Gasteiger partial charge in [-0.25, -0.2) is 8.42 Å². The predicted octanol–water partition coefficient (Wildman–Crippen LogP) is 4.45. The SMILES string of the molecule is O=C(Nc1ccccc1)c1cccc(-c2ccc(S(=O)(=O)N3CCCC3)s2)c1. The van der Waals surface area contributed by atoms with Gasteiger partial charge in [0.05, 0.1) is 0 Å². The second-order valence-electron chi connectivity index (χ2n) is 6.63. The van der Waals surface area contributed by atoms with E-state index in [4.69, 9.17) is 0 Å². The molecule has 0 spiro atoms. The molecule has 0 atom stereocenters. The number of benzene rings is 2. The first-order valence-corrected chi connectivity index (χ1v) is 11.4. The predicted molar refractivity (Wildman–Crippen MR) is 112 cm³/mol. The Kier molecular flexibility index (Phi) is 5.30. The van der Waals surface area contributed by atoms with Crippen LogP contribution in [0.5, 0.6) is 0 Å². The number of para-hydroxylation sites is 1. The first-order valence-electron chi connectivity index (χ1n) is 9.11. The van der Waals surface area contributed by atoms with Crippen molar-refractivity contribution in [1.29, 1.82) is 0 Å². The highest BCUT2D eigenvalue weighted by Crippen LogP contribution is 2.33. The molecule has 1 N–H and O–H groups in total. The molecule has 1 aliphatic rings. The van der Waals surface area contributed by atoms with E-state index in [1.165, 1.54) is 11.3 Å². The van der Waals surface area contributed by atoms with Crippen LogP contribution in [0.15, 0.2) is 70.9 Å². The summed E-state index contributed by atoms with van der Waals surface area (Å²) in [6.45, 7) is 1.18. The van der Waals surface area contributed by atoms with E-state index in [1.54, 1.807) is 22.5 Å². The lowest BCUT2D eigenvalue weighted by molar-refractivity contribution is 0.102. The van der Waals surface area contributed by atoms with Gasteiger partial charge in [-0.2, -0.15) is 4.31 Å². The molecule has 3 aromatic rings. The molecule has 1 fully saturated rings. The molecule has 1 aliphatic heterocycles. The normalized spacial score (nSPS) is 14.9. The summed E-state index contributed by atoms with van der Waals surface area (Å²) in [7, 11) is -3.42. The van der Waals surface area contributed by atoms with Crippen LogP contribution in [-0.2, 0) is 10.0 Å². The average Bonchev–Trinajstić information content (AvgIpc) is 3.41. The zero-order valence-electron chi connectivity index (χ0n) is 15.2. The van der Waals surface area contributed by atoms with Crippen molar-refractivity contribution < 1.29 is 13.2 Å². The molecule has 4 rings (SSSR count). The Morgan fingerprint density at radius 1 is 0.929 bits per heavy atom. The molecule has 1 amide bonds. The van der Waals surface area contributed by atoms with E-state index >= 15 is 0 Å². The number of rotatable bonds is 5. The highest BCUT2D eigenvalue weighted by Gasteiger charge is 2.28. The summed E-state index contributed by atoms with van der Waals surface area (Å²) < 4.78 is 27.4. The fourth-order valence-electron chi connectivity index (χ4n) is 3.21. The first kappa shape index (κ1) is 18.9. The minimum atomic E-state index is -3.42. The van der Waals surface area contributed by atoms with Gasteiger partial charge in [0.25, 0.3) is 15.9 Å². The molecule has 0 aliphatic carbocycles. The molecule has 1 saturated heterocycles. The van der Waals surface area contributed by atoms with E-state index in [0.29, 0.717) is 22.9 Å². The van der Waals surface area contributed by atoms with Crippen molar-refractivity contribution in [3.05, 3.63) is 72.3 Å². The summed E-state index contributed by atoms with van der Waals surface area (Å²) in [5.74, 6) is -0.200. The van der Waals surface area contributed by atoms with E-state index < -0.39 is 10.0 Å². The van der Waals surface area contributed by atoms with Crippen LogP contribution < -0.4 is 5.32 Å². The van der Waals surface area contributed by atoms with E-state index in [-0.39, 0.29) is 5.91 Å². The van der Waals surface area contributed by atoms with E-state index in [0.717, 1.165) is 29.0 Å². The van der Waals surface area contributed by atoms with Gasteiger partial charge in [-0.05, 0) is 54.8 Å². The monoisotopic (exact) mass is 412 g/mol. The minimum Gasteiger partial charge on any atom is -0.322 e. The average molecular weight is 413 g/mol. The van der Waals surface area contributed by atoms with Crippen LogP contribution in [0.1, 0.15) is 23.2 Å². The standard InChI is InChI=1S/C21H20N2O3S2/c24-21(22-18-9-2-1-3-10-18)17-8-6-7-16(15-17)19-11-12-20(27-19)28(25,26)23-13-4-5-14-23/h1-3,6-12,15H,4-5,13-14H2,(H,22,24). The largest absolute Gasteiger partial charge is 0.322 e. The molecule has 2 heterocycles. The third-order valence-electron chi connectivity index (χ3n) is 4.68. The third-order valence-corrected chi connectivity index (χ3v) is 8.18. The molecule has 0 radical (unpaired) electrons. The number of thiophene rings is 1. The molecule has 5 nitrogen and oxygen atoms in total. The number of carbonyl (C=O) groups excluding carboxylic acids is 1. The van der Waals surface area contributed by atoms with Crippen LogP contribution in [0.4, 0.5) is 5.69 Å². The van der Waals surface area contributed by atoms with Gasteiger partial charge >= 0.3 is 0 Å². The topological polar surface area (TPSA) is 66.5 Å². The van der Waals surface area contributed by atoms with Gasteiger partial charge in [0.1, 0.15) is 4.21 Å². The van der Waals surface area contributed by atoms with Crippen LogP contribution in [-0.4, -0.2) is 31.7 Å². The lowest BCUT2D eigenvalue weighted by Gasteiger charge is -2.13. The number of hydrogen-bond acceptors (Lipinski definition) is 4. The highest BCUT2D eigenvalue weighted by atomic mass is 32.2. The van der Waals surface area contributed by atoms with Gasteiger partial charge in [-0.15, -0.1) is 11.3 Å². The second kappa shape index (κ2) is 7.87. The number of nitrogens with one attached hydrogen (secondary N) is 1. The molecule has 1 aromatic heterocycles. The Hall–Kier alpha value is -2.48. The minimum absolute atomic E-state index is 0.200. The first-order chi connectivity index (χ1) is 13.5. The number of nitrogens with zero attached hydrogens (tertiary/aromatic N) is 1. The maximum atomic E-state index is 12.7. The molecule has 144 valence electrons. The quantitative estimate of drug-likeness (QED) is 0.673. The van der Waals surface area contributed by atoms with Crippen LogP contribution in [0, 0.1) is 0 Å². The fraction of sp³-hybridized carbons (Fsp3) is 0.190. The van der Waals surface area contributed by atoms with Gasteiger partial charge in [0.2, 0.25) is 0 Å². The van der Waals surface area contributed by atoms with Crippen molar-refractivity contribution in [2.45, 2.75) is 17.1 Å². The molecule has 0 bridgehead atoms. The lowest BCUT2D eigenvalue weighted by atomic mass is 10.1. The van der Waals surface area contributed by atoms with E-state index in [1.807, 2.05) is 48.5 Å². The van der Waals surface area contributed by atoms with Crippen molar-refractivity contribution in [2.24, 2.45) is 0 Å².